The molecule has 0 bridgehead atoms. The third-order valence-corrected chi connectivity index (χ3v) is 4.94. The van der Waals surface area contributed by atoms with E-state index < -0.39 is 0 Å². The minimum Gasteiger partial charge on any atom is -0.493 e. The first-order valence-corrected chi connectivity index (χ1v) is 9.24. The number of hydrogen-bond acceptors (Lipinski definition) is 4. The van der Waals surface area contributed by atoms with Crippen LogP contribution < -0.4 is 14.8 Å². The highest BCUT2D eigenvalue weighted by Crippen LogP contribution is 2.29. The zero-order chi connectivity index (χ0) is 17.5. The maximum atomic E-state index is 5.89. The van der Waals surface area contributed by atoms with E-state index in [1.807, 2.05) is 24.3 Å². The molecule has 1 heterocycles. The fourth-order valence-corrected chi connectivity index (χ4v) is 3.23. The Morgan fingerprint density at radius 3 is 2.56 bits per heavy atom. The third kappa shape index (κ3) is 4.84. The van der Waals surface area contributed by atoms with Gasteiger partial charge in [-0.2, -0.15) is 0 Å². The number of thiophene rings is 1. The molecule has 0 fully saturated rings. The van der Waals surface area contributed by atoms with Crippen LogP contribution in [0.5, 0.6) is 11.5 Å². The molecule has 25 heavy (non-hydrogen) atoms. The summed E-state index contributed by atoms with van der Waals surface area (Å²) in [5.74, 6) is 1.54. The van der Waals surface area contributed by atoms with E-state index in [-0.39, 0.29) is 0 Å². The molecule has 3 aromatic rings. The molecule has 0 aliphatic heterocycles. The van der Waals surface area contributed by atoms with Crippen molar-refractivity contribution in [2.75, 3.05) is 7.11 Å². The van der Waals surface area contributed by atoms with Crippen molar-refractivity contribution in [1.29, 1.82) is 0 Å². The van der Waals surface area contributed by atoms with Gasteiger partial charge in [0.05, 0.1) is 7.11 Å². The van der Waals surface area contributed by atoms with E-state index in [1.54, 1.807) is 18.4 Å². The lowest BCUT2D eigenvalue weighted by molar-refractivity contribution is 0.287. The van der Waals surface area contributed by atoms with Crippen LogP contribution in [0, 0.1) is 0 Å². The molecule has 1 atom stereocenters. The predicted molar refractivity (Wildman–Crippen MR) is 103 cm³/mol. The number of ether oxygens (including phenoxy) is 2. The molecule has 130 valence electrons. The number of nitrogens with one attached hydrogen (secondary N) is 1. The lowest BCUT2D eigenvalue weighted by Crippen LogP contribution is -2.18. The highest BCUT2D eigenvalue weighted by molar-refractivity contribution is 7.09. The fraction of sp³-hybridized carbons (Fsp3) is 0.238. The van der Waals surface area contributed by atoms with Gasteiger partial charge in [0.1, 0.15) is 6.61 Å². The Morgan fingerprint density at radius 1 is 1.00 bits per heavy atom. The van der Waals surface area contributed by atoms with Crippen molar-refractivity contribution < 1.29 is 9.47 Å². The average Bonchev–Trinajstić information content (AvgIpc) is 3.19. The highest BCUT2D eigenvalue weighted by atomic mass is 32.1. The Labute approximate surface area is 153 Å². The summed E-state index contributed by atoms with van der Waals surface area (Å²) >= 11 is 1.69. The van der Waals surface area contributed by atoms with Crippen molar-refractivity contribution in [2.24, 2.45) is 0 Å². The first-order valence-electron chi connectivity index (χ1n) is 8.36. The summed E-state index contributed by atoms with van der Waals surface area (Å²) in [4.78, 5) is 1.20. The Morgan fingerprint density at radius 2 is 1.84 bits per heavy atom. The second-order valence-electron chi connectivity index (χ2n) is 5.87. The van der Waals surface area contributed by atoms with Gasteiger partial charge in [0.25, 0.3) is 0 Å². The monoisotopic (exact) mass is 353 g/mol. The summed E-state index contributed by atoms with van der Waals surface area (Å²) in [5, 5.41) is 5.60. The Kier molecular flexibility index (Phi) is 6.09. The Bertz CT molecular complexity index is 772. The molecule has 4 heteroatoms. The van der Waals surface area contributed by atoms with E-state index in [9.17, 15) is 0 Å². The first kappa shape index (κ1) is 17.5. The minimum absolute atomic E-state index is 0.293. The quantitative estimate of drug-likeness (QED) is 0.605. The summed E-state index contributed by atoms with van der Waals surface area (Å²) in [6.07, 6.45) is 0. The van der Waals surface area contributed by atoms with E-state index in [1.165, 1.54) is 16.0 Å². The van der Waals surface area contributed by atoms with Gasteiger partial charge < -0.3 is 14.8 Å². The topological polar surface area (TPSA) is 30.5 Å². The van der Waals surface area contributed by atoms with Gasteiger partial charge in [0, 0.05) is 17.5 Å². The summed E-state index contributed by atoms with van der Waals surface area (Å²) in [5.41, 5.74) is 2.45. The molecule has 1 N–H and O–H groups in total. The van der Waals surface area contributed by atoms with Crippen LogP contribution in [-0.2, 0) is 13.2 Å². The molecule has 0 spiro atoms. The van der Waals surface area contributed by atoms with Gasteiger partial charge in [-0.25, -0.2) is 0 Å². The zero-order valence-electron chi connectivity index (χ0n) is 14.6. The van der Waals surface area contributed by atoms with Crippen LogP contribution in [0.4, 0.5) is 0 Å². The summed E-state index contributed by atoms with van der Waals surface area (Å²) in [6.45, 7) is 3.51. The van der Waals surface area contributed by atoms with Crippen molar-refractivity contribution in [3.05, 3.63) is 82.0 Å². The number of methoxy groups -OCH3 is 1. The van der Waals surface area contributed by atoms with Crippen molar-refractivity contribution in [3.8, 4) is 11.5 Å². The van der Waals surface area contributed by atoms with Crippen molar-refractivity contribution in [2.45, 2.75) is 26.1 Å². The van der Waals surface area contributed by atoms with Crippen LogP contribution in [0.1, 0.15) is 29.0 Å². The third-order valence-electron chi connectivity index (χ3n) is 4.09. The molecule has 0 aliphatic rings. The molecule has 3 nitrogen and oxygen atoms in total. The maximum Gasteiger partial charge on any atom is 0.161 e. The Hall–Kier alpha value is -2.30. The number of benzene rings is 2. The van der Waals surface area contributed by atoms with E-state index >= 15 is 0 Å². The lowest BCUT2D eigenvalue weighted by atomic mass is 10.1. The summed E-state index contributed by atoms with van der Waals surface area (Å²) in [7, 11) is 1.68. The van der Waals surface area contributed by atoms with Crippen LogP contribution in [0.3, 0.4) is 0 Å². The Balaban J connectivity index is 1.60. The standard InChI is InChI=1S/C21H23NO2S/c1-16(18-7-4-3-5-8-18)22-14-17-10-11-20(21(13-17)23-2)24-15-19-9-6-12-25-19/h3-13,16,22H,14-15H2,1-2H3/t16-/m1/s1. The number of hydrogen-bond donors (Lipinski definition) is 1. The molecule has 0 saturated carbocycles. The normalized spacial score (nSPS) is 11.9. The van der Waals surface area contributed by atoms with Crippen LogP contribution in [0.15, 0.2) is 66.0 Å². The second kappa shape index (κ2) is 8.70. The molecule has 1 aromatic heterocycles. The van der Waals surface area contributed by atoms with Crippen molar-refractivity contribution >= 4 is 11.3 Å². The highest BCUT2D eigenvalue weighted by Gasteiger charge is 2.08. The molecule has 0 aliphatic carbocycles. The largest absolute Gasteiger partial charge is 0.493 e. The SMILES string of the molecule is COc1cc(CN[C@H](C)c2ccccc2)ccc1OCc1cccs1. The van der Waals surface area contributed by atoms with Crippen LogP contribution in [0.2, 0.25) is 0 Å². The van der Waals surface area contributed by atoms with Crippen LogP contribution in [0.25, 0.3) is 0 Å². The van der Waals surface area contributed by atoms with Crippen molar-refractivity contribution in [3.63, 3.8) is 0 Å². The number of rotatable bonds is 8. The van der Waals surface area contributed by atoms with E-state index in [2.05, 4.69) is 54.0 Å². The predicted octanol–water partition coefficient (Wildman–Crippen LogP) is 5.19. The first-order chi connectivity index (χ1) is 12.3. The maximum absolute atomic E-state index is 5.89. The molecule has 2 aromatic carbocycles. The molecule has 0 unspecified atom stereocenters. The van der Waals surface area contributed by atoms with E-state index in [4.69, 9.17) is 9.47 Å². The minimum atomic E-state index is 0.293. The molecule has 3 rings (SSSR count). The van der Waals surface area contributed by atoms with E-state index in [0.29, 0.717) is 12.6 Å². The molecule has 0 radical (unpaired) electrons. The van der Waals surface area contributed by atoms with Gasteiger partial charge in [-0.15, -0.1) is 11.3 Å². The average molecular weight is 353 g/mol. The van der Waals surface area contributed by atoms with Gasteiger partial charge in [0.2, 0.25) is 0 Å². The van der Waals surface area contributed by atoms with Crippen LogP contribution in [-0.4, -0.2) is 7.11 Å². The fourth-order valence-electron chi connectivity index (χ4n) is 2.62. The van der Waals surface area contributed by atoms with Gasteiger partial charge in [0.15, 0.2) is 11.5 Å². The zero-order valence-corrected chi connectivity index (χ0v) is 15.4. The van der Waals surface area contributed by atoms with Gasteiger partial charge in [-0.3, -0.25) is 0 Å². The summed E-state index contributed by atoms with van der Waals surface area (Å²) in [6, 6.07) is 20.9. The van der Waals surface area contributed by atoms with Crippen LogP contribution >= 0.6 is 11.3 Å². The van der Waals surface area contributed by atoms with Gasteiger partial charge >= 0.3 is 0 Å². The summed E-state index contributed by atoms with van der Waals surface area (Å²) < 4.78 is 11.4. The molecule has 0 amide bonds. The smallest absolute Gasteiger partial charge is 0.161 e. The van der Waals surface area contributed by atoms with Gasteiger partial charge in [-0.05, 0) is 41.6 Å². The lowest BCUT2D eigenvalue weighted by Gasteiger charge is -2.16. The molecule has 0 saturated heterocycles. The van der Waals surface area contributed by atoms with Crippen molar-refractivity contribution in [1.82, 2.24) is 5.32 Å². The van der Waals surface area contributed by atoms with E-state index in [0.717, 1.165) is 18.0 Å². The molecular formula is C21H23NO2S. The second-order valence-corrected chi connectivity index (χ2v) is 6.90. The van der Waals surface area contributed by atoms with Gasteiger partial charge in [-0.1, -0.05) is 42.5 Å². The molecular weight excluding hydrogens is 330 g/mol.